The third-order valence-corrected chi connectivity index (χ3v) is 28.0. The van der Waals surface area contributed by atoms with Gasteiger partial charge in [0.15, 0.2) is 0 Å². The summed E-state index contributed by atoms with van der Waals surface area (Å²) in [6, 6.07) is 44.4. The van der Waals surface area contributed by atoms with E-state index in [1.54, 1.807) is 133 Å². The van der Waals surface area contributed by atoms with Crippen molar-refractivity contribution >= 4 is 82.2 Å². The number of carbonyl (C=O) groups excluding carboxylic acids is 12. The predicted molar refractivity (Wildman–Crippen MR) is 512 cm³/mol. The van der Waals surface area contributed by atoms with Crippen molar-refractivity contribution in [1.29, 1.82) is 0 Å². The van der Waals surface area contributed by atoms with Crippen molar-refractivity contribution in [2.24, 2.45) is 18.4 Å². The van der Waals surface area contributed by atoms with Crippen molar-refractivity contribution < 1.29 is 115 Å². The predicted octanol–water partition coefficient (Wildman–Crippen LogP) is 13.8. The summed E-state index contributed by atoms with van der Waals surface area (Å²) in [6.07, 6.45) is 5.14. The van der Waals surface area contributed by atoms with E-state index in [0.29, 0.717) is 180 Å². The van der Waals surface area contributed by atoms with Crippen LogP contribution in [0.5, 0.6) is 0 Å². The van der Waals surface area contributed by atoms with Crippen LogP contribution in [-0.4, -0.2) is 180 Å². The van der Waals surface area contributed by atoms with Gasteiger partial charge in [-0.15, -0.1) is 11.3 Å². The average Bonchev–Trinajstić information content (AvgIpc) is 0.837. The molecule has 760 valence electrons. The SMILES string of the molecule is CC(C)(C)C(=O)N1CCc2cc(C(=O)NO)ccc2C1.Cc1nc(CC(=O)N2CCc3cc(C(=O)NO)ccc3C2)cs1.Cn1cccc1C(=O)N1CCc2cc(C(=O)NO)ccc2C1.O=C(NO)c1ccc2c(c1)CCN(C(=O)C1(c3ccc(C(F)(F)F)cc3)CCC1)C2.O=C(NO)c1ccc2c(c1)CCN(C(=O)C1CCCCC1)C2.O=C(NO)c1ccc2c(c1)CCN(C(=O)Cc1ccc(C(F)(F)F)cc1)C2. The zero-order chi connectivity index (χ0) is 104. The molecule has 144 heavy (non-hydrogen) atoms. The standard InChI is InChI=1S/C22H21F3N2O3.C19H17F3N2O3.C17H22N2O3.C16H17N3O3S.C16H17N3O3.C15H20N2O3/c23-22(24,25)18-6-4-17(5-7-18)21(9-1-10-21)20(29)27-11-8-14-12-15(19(28)26-30)2-3-16(14)13-27;20-19(21,22)16-5-1-12(2-6-16)9-17(25)24-8-7-13-10-14(18(26)23-27)3-4-15(13)11-24;20-16(18-22)14-6-7-15-11-19(9-8-13(15)10-14)17(21)12-4-2-1-3-5-12;1-10-17-14(9-23-10)7-15(20)19-5-4-11-6-12(16(21)18-22)2-3-13(11)8-19;1-18-7-2-3-14(18)16(21)19-8-6-11-9-12(15(20)17-22)4-5-13(11)10-19;1-15(2,3)14(19)17-7-6-10-8-11(13(18)16-20)4-5-12(10)9-17/h2-7,12,30H,1,8-11,13H2,(H,26,28);1-6,10,27H,7-9,11H2,(H,23,26);6-7,10,12,22H,1-5,8-9,11H2,(H,18,20);2-3,6,9,22H,4-5,7-8H2,1H3,(H,18,21);2-5,7,9,22H,6,8,10H2,1H3,(H,17,20);4-5,8,20H,6-7,9H2,1-3H3,(H,16,18). The van der Waals surface area contributed by atoms with Crippen LogP contribution in [0.4, 0.5) is 26.3 Å². The average molecular weight is 2010 g/mol. The number of nitrogens with one attached hydrogen (secondary N) is 6. The highest BCUT2D eigenvalue weighted by Crippen LogP contribution is 2.47. The van der Waals surface area contributed by atoms with Crippen molar-refractivity contribution in [1.82, 2.24) is 71.8 Å². The van der Waals surface area contributed by atoms with Gasteiger partial charge in [0.25, 0.3) is 41.4 Å². The number of halogens is 6. The molecule has 8 aliphatic rings. The molecule has 0 unspecified atom stereocenters. The number of rotatable bonds is 14. The topological polar surface area (TPSA) is 436 Å². The molecule has 0 bridgehead atoms. The van der Waals surface area contributed by atoms with Gasteiger partial charge < -0.3 is 34.0 Å². The Morgan fingerprint density at radius 3 is 1.07 bits per heavy atom. The number of hydrogen-bond acceptors (Lipinski definition) is 20. The van der Waals surface area contributed by atoms with E-state index < -0.39 is 64.3 Å². The van der Waals surface area contributed by atoms with Crippen LogP contribution < -0.4 is 32.9 Å². The maximum Gasteiger partial charge on any atom is 0.416 e. The molecule has 8 heterocycles. The van der Waals surface area contributed by atoms with E-state index in [2.05, 4.69) is 4.98 Å². The first kappa shape index (κ1) is 107. The highest BCUT2D eigenvalue weighted by atomic mass is 32.1. The van der Waals surface area contributed by atoms with E-state index in [4.69, 9.17) is 31.2 Å². The van der Waals surface area contributed by atoms with Crippen LogP contribution in [0.1, 0.15) is 244 Å². The summed E-state index contributed by atoms with van der Waals surface area (Å²) in [5.74, 6) is -2.76. The number of hydroxylamine groups is 6. The molecule has 6 aliphatic heterocycles. The number of fused-ring (bicyclic) bond motifs is 6. The number of thiazole rings is 1. The second kappa shape index (κ2) is 47.2. The summed E-state index contributed by atoms with van der Waals surface area (Å²) in [5.41, 5.74) is 24.3. The van der Waals surface area contributed by atoms with E-state index in [0.717, 1.165) is 134 Å². The lowest BCUT2D eigenvalue weighted by Gasteiger charge is -2.45. The molecule has 2 aromatic heterocycles. The van der Waals surface area contributed by atoms with E-state index in [1.165, 1.54) is 43.5 Å². The van der Waals surface area contributed by atoms with Crippen LogP contribution in [0.15, 0.2) is 181 Å². The van der Waals surface area contributed by atoms with E-state index in [1.807, 2.05) is 113 Å². The molecule has 0 saturated heterocycles. The third kappa shape index (κ3) is 26.4. The lowest BCUT2D eigenvalue weighted by atomic mass is 9.63. The van der Waals surface area contributed by atoms with Gasteiger partial charge in [0, 0.05) is 142 Å². The largest absolute Gasteiger partial charge is 0.416 e. The Kier molecular flexibility index (Phi) is 35.1. The van der Waals surface area contributed by atoms with Crippen LogP contribution in [0, 0.1) is 18.3 Å². The highest BCUT2D eigenvalue weighted by Gasteiger charge is 2.49. The quantitative estimate of drug-likeness (QED) is 0.0273. The number of alkyl halides is 6. The number of aryl methyl sites for hydroxylation is 2. The first-order valence-electron chi connectivity index (χ1n) is 47.2. The molecular formula is C105H114F6N14O18S. The summed E-state index contributed by atoms with van der Waals surface area (Å²) < 4.78 is 78.3. The fourth-order valence-corrected chi connectivity index (χ4v) is 19.5. The molecule has 2 fully saturated rings. The summed E-state index contributed by atoms with van der Waals surface area (Å²) in [4.78, 5) is 160. The van der Waals surface area contributed by atoms with Crippen LogP contribution in [0.25, 0.3) is 0 Å². The Bertz CT molecular complexity index is 6430. The Balaban J connectivity index is 0.000000146. The van der Waals surface area contributed by atoms with Gasteiger partial charge >= 0.3 is 12.4 Å². The number of nitrogens with zero attached hydrogens (tertiary/aromatic N) is 8. The molecule has 12 amide bonds. The number of benzene rings is 8. The van der Waals surface area contributed by atoms with Crippen LogP contribution in [-0.2, 0) is 139 Å². The summed E-state index contributed by atoms with van der Waals surface area (Å²) >= 11 is 1.55. The lowest BCUT2D eigenvalue weighted by molar-refractivity contribution is -0.142. The minimum absolute atomic E-state index is 0.00956. The Morgan fingerprint density at radius 2 is 0.729 bits per heavy atom. The van der Waals surface area contributed by atoms with E-state index in [-0.39, 0.29) is 47.3 Å². The second-order valence-corrected chi connectivity index (χ2v) is 38.7. The fraction of sp³-hybridized carbons (Fsp3) is 0.362. The lowest BCUT2D eigenvalue weighted by Crippen LogP contribution is -2.52. The minimum Gasteiger partial charge on any atom is -0.347 e. The smallest absolute Gasteiger partial charge is 0.347 e. The summed E-state index contributed by atoms with van der Waals surface area (Å²) in [7, 11) is 1.85. The van der Waals surface area contributed by atoms with E-state index in [9.17, 15) is 83.9 Å². The first-order chi connectivity index (χ1) is 68.7. The van der Waals surface area contributed by atoms with Gasteiger partial charge in [-0.3, -0.25) is 88.8 Å². The normalized spacial score (nSPS) is 15.4. The fourth-order valence-electron chi connectivity index (χ4n) is 18.9. The van der Waals surface area contributed by atoms with Gasteiger partial charge in [0.2, 0.25) is 29.5 Å². The maximum absolute atomic E-state index is 13.4. The number of amides is 12. The van der Waals surface area contributed by atoms with Crippen molar-refractivity contribution in [3.8, 4) is 0 Å². The first-order valence-corrected chi connectivity index (χ1v) is 48.0. The Hall–Kier alpha value is -14.4. The van der Waals surface area contributed by atoms with Gasteiger partial charge in [-0.1, -0.05) is 107 Å². The second-order valence-electron chi connectivity index (χ2n) is 37.6. The van der Waals surface area contributed by atoms with Crippen LogP contribution in [0.2, 0.25) is 0 Å². The number of carbonyl (C=O) groups is 12. The van der Waals surface area contributed by atoms with Crippen molar-refractivity contribution in [2.45, 2.75) is 187 Å². The van der Waals surface area contributed by atoms with Crippen molar-refractivity contribution in [3.05, 3.63) is 320 Å². The van der Waals surface area contributed by atoms with Gasteiger partial charge in [0.05, 0.1) is 40.1 Å². The van der Waals surface area contributed by atoms with Crippen molar-refractivity contribution in [2.75, 3.05) is 39.3 Å². The third-order valence-electron chi connectivity index (χ3n) is 27.1. The summed E-state index contributed by atoms with van der Waals surface area (Å²) in [6.45, 7) is 14.2. The highest BCUT2D eigenvalue weighted by molar-refractivity contribution is 7.09. The van der Waals surface area contributed by atoms with Gasteiger partial charge in [0.1, 0.15) is 5.69 Å². The van der Waals surface area contributed by atoms with Crippen LogP contribution in [0.3, 0.4) is 0 Å². The molecule has 10 aromatic rings. The molecule has 8 aromatic carbocycles. The Labute approximate surface area is 830 Å². The zero-order valence-corrected chi connectivity index (χ0v) is 80.8. The monoisotopic (exact) mass is 2000 g/mol. The molecule has 18 rings (SSSR count). The Morgan fingerprint density at radius 1 is 0.396 bits per heavy atom. The number of aromatic nitrogens is 2. The molecule has 0 radical (unpaired) electrons. The van der Waals surface area contributed by atoms with Gasteiger partial charge in [-0.2, -0.15) is 26.3 Å². The molecule has 12 N–H and O–H groups in total. The van der Waals surface area contributed by atoms with E-state index >= 15 is 0 Å². The van der Waals surface area contributed by atoms with Gasteiger partial charge in [-0.05, 0) is 258 Å². The molecule has 0 atom stereocenters. The molecule has 2 saturated carbocycles. The van der Waals surface area contributed by atoms with Gasteiger partial charge in [-0.25, -0.2) is 37.9 Å². The maximum atomic E-state index is 13.4. The van der Waals surface area contributed by atoms with Crippen LogP contribution >= 0.6 is 11.3 Å². The molecule has 32 nitrogen and oxygen atoms in total. The number of hydrogen-bond donors (Lipinski definition) is 12. The molecule has 0 spiro atoms. The minimum atomic E-state index is -4.41. The molecule has 39 heteroatoms. The zero-order valence-electron chi connectivity index (χ0n) is 80.0. The molecule has 2 aliphatic carbocycles. The summed E-state index contributed by atoms with van der Waals surface area (Å²) in [5, 5.41) is 55.1. The molecular weight excluding hydrogens is 1890 g/mol. The van der Waals surface area contributed by atoms with Crippen molar-refractivity contribution in [3.63, 3.8) is 0 Å².